The van der Waals surface area contributed by atoms with Gasteiger partial charge in [0.2, 0.25) is 0 Å². The number of hydrogen-bond donors (Lipinski definition) is 1. The molecule has 0 unspecified atom stereocenters. The molecule has 1 aromatic carbocycles. The second-order valence-corrected chi connectivity index (χ2v) is 4.29. The molecule has 2 N–H and O–H groups in total. The summed E-state index contributed by atoms with van der Waals surface area (Å²) >= 11 is 0. The predicted octanol–water partition coefficient (Wildman–Crippen LogP) is 1.97. The van der Waals surface area contributed by atoms with E-state index in [2.05, 4.69) is 14.7 Å². The number of halogens is 1. The number of hydrogen-bond acceptors (Lipinski definition) is 6. The van der Waals surface area contributed by atoms with Gasteiger partial charge in [0, 0.05) is 0 Å². The lowest BCUT2D eigenvalue weighted by molar-refractivity contribution is 0.0590. The fraction of sp³-hybridized carbons (Fsp3) is 0.214. The maximum atomic E-state index is 14.0. The molecule has 0 saturated heterocycles. The van der Waals surface area contributed by atoms with Crippen LogP contribution in [0.4, 0.5) is 10.2 Å². The minimum atomic E-state index is -0.741. The van der Waals surface area contributed by atoms with Crippen LogP contribution < -0.4 is 10.5 Å². The molecular weight excluding hydrogens is 277 g/mol. The van der Waals surface area contributed by atoms with Gasteiger partial charge in [-0.15, -0.1) is 0 Å². The van der Waals surface area contributed by atoms with Crippen LogP contribution in [0.25, 0.3) is 11.4 Å². The van der Waals surface area contributed by atoms with Gasteiger partial charge >= 0.3 is 5.97 Å². The Kier molecular flexibility index (Phi) is 4.02. The summed E-state index contributed by atoms with van der Waals surface area (Å²) in [6.45, 7) is 1.76. The number of methoxy groups -OCH3 is 2. The molecule has 7 heteroatoms. The van der Waals surface area contributed by atoms with Crippen LogP contribution in [0.3, 0.4) is 0 Å². The number of carbonyl (C=O) groups is 1. The van der Waals surface area contributed by atoms with E-state index < -0.39 is 11.8 Å². The molecule has 0 amide bonds. The van der Waals surface area contributed by atoms with E-state index in [-0.39, 0.29) is 28.6 Å². The summed E-state index contributed by atoms with van der Waals surface area (Å²) in [7, 11) is 2.53. The molecule has 0 bridgehead atoms. The van der Waals surface area contributed by atoms with Crippen molar-refractivity contribution in [2.24, 2.45) is 0 Å². The molecule has 0 aliphatic carbocycles. The van der Waals surface area contributed by atoms with Crippen LogP contribution in [0.1, 0.15) is 16.1 Å². The van der Waals surface area contributed by atoms with Gasteiger partial charge in [-0.2, -0.15) is 0 Å². The number of aryl methyl sites for hydroxylation is 1. The van der Waals surface area contributed by atoms with Crippen molar-refractivity contribution in [1.29, 1.82) is 0 Å². The highest BCUT2D eigenvalue weighted by molar-refractivity contribution is 5.92. The van der Waals surface area contributed by atoms with Crippen molar-refractivity contribution in [2.45, 2.75) is 6.92 Å². The van der Waals surface area contributed by atoms with Gasteiger partial charge < -0.3 is 15.2 Å². The number of nitrogens with zero attached hydrogens (tertiary/aromatic N) is 2. The normalized spacial score (nSPS) is 10.3. The molecule has 1 heterocycles. The number of rotatable bonds is 3. The van der Waals surface area contributed by atoms with E-state index in [4.69, 9.17) is 10.5 Å². The Labute approximate surface area is 120 Å². The van der Waals surface area contributed by atoms with Gasteiger partial charge in [-0.3, -0.25) is 0 Å². The van der Waals surface area contributed by atoms with Crippen molar-refractivity contribution in [2.75, 3.05) is 20.0 Å². The zero-order valence-corrected chi connectivity index (χ0v) is 11.8. The van der Waals surface area contributed by atoms with Gasteiger partial charge in [0.25, 0.3) is 0 Å². The highest BCUT2D eigenvalue weighted by Gasteiger charge is 2.22. The zero-order chi connectivity index (χ0) is 15.6. The SMILES string of the molecule is COC(=O)c1nc(-c2ccc(C)cc2F)nc(N)c1OC. The van der Waals surface area contributed by atoms with Gasteiger partial charge in [-0.1, -0.05) is 6.07 Å². The molecule has 110 valence electrons. The van der Waals surface area contributed by atoms with Crippen LogP contribution >= 0.6 is 0 Å². The van der Waals surface area contributed by atoms with Crippen molar-refractivity contribution in [3.8, 4) is 17.1 Å². The molecule has 1 aromatic heterocycles. The Morgan fingerprint density at radius 2 is 2.00 bits per heavy atom. The highest BCUT2D eigenvalue weighted by atomic mass is 19.1. The van der Waals surface area contributed by atoms with Crippen molar-refractivity contribution in [3.05, 3.63) is 35.3 Å². The lowest BCUT2D eigenvalue weighted by atomic mass is 10.1. The number of anilines is 1. The average Bonchev–Trinajstić information content (AvgIpc) is 2.45. The zero-order valence-electron chi connectivity index (χ0n) is 11.8. The summed E-state index contributed by atoms with van der Waals surface area (Å²) in [6, 6.07) is 4.57. The Morgan fingerprint density at radius 1 is 1.29 bits per heavy atom. The molecular formula is C14H14FN3O3. The topological polar surface area (TPSA) is 87.3 Å². The number of aromatic nitrogens is 2. The molecule has 0 radical (unpaired) electrons. The average molecular weight is 291 g/mol. The van der Waals surface area contributed by atoms with Crippen LogP contribution in [-0.4, -0.2) is 30.2 Å². The molecule has 2 rings (SSSR count). The van der Waals surface area contributed by atoms with E-state index in [1.165, 1.54) is 26.4 Å². The molecule has 21 heavy (non-hydrogen) atoms. The number of ether oxygens (including phenoxy) is 2. The predicted molar refractivity (Wildman–Crippen MR) is 74.5 cm³/mol. The fourth-order valence-electron chi connectivity index (χ4n) is 1.83. The third-order valence-electron chi connectivity index (χ3n) is 2.84. The number of carbonyl (C=O) groups excluding carboxylic acids is 1. The maximum Gasteiger partial charge on any atom is 0.360 e. The lowest BCUT2D eigenvalue weighted by Crippen LogP contribution is -2.12. The highest BCUT2D eigenvalue weighted by Crippen LogP contribution is 2.28. The number of esters is 1. The minimum Gasteiger partial charge on any atom is -0.491 e. The maximum absolute atomic E-state index is 14.0. The van der Waals surface area contributed by atoms with Crippen LogP contribution in [0, 0.1) is 12.7 Å². The van der Waals surface area contributed by atoms with E-state index in [9.17, 15) is 9.18 Å². The summed E-state index contributed by atoms with van der Waals surface area (Å²) in [6.07, 6.45) is 0. The molecule has 0 aliphatic rings. The summed E-state index contributed by atoms with van der Waals surface area (Å²) < 4.78 is 23.6. The Balaban J connectivity index is 2.65. The Hall–Kier alpha value is -2.70. The minimum absolute atomic E-state index is 0.00174. The van der Waals surface area contributed by atoms with E-state index in [1.807, 2.05) is 0 Å². The van der Waals surface area contributed by atoms with Gasteiger partial charge in [-0.25, -0.2) is 19.2 Å². The van der Waals surface area contributed by atoms with Crippen molar-refractivity contribution < 1.29 is 18.7 Å². The van der Waals surface area contributed by atoms with Gasteiger partial charge in [0.05, 0.1) is 19.8 Å². The Morgan fingerprint density at radius 3 is 2.57 bits per heavy atom. The van der Waals surface area contributed by atoms with Crippen LogP contribution in [-0.2, 0) is 4.74 Å². The lowest BCUT2D eigenvalue weighted by Gasteiger charge is -2.11. The van der Waals surface area contributed by atoms with Crippen molar-refractivity contribution >= 4 is 11.8 Å². The summed E-state index contributed by atoms with van der Waals surface area (Å²) in [5.41, 5.74) is 6.48. The number of benzene rings is 1. The monoisotopic (exact) mass is 291 g/mol. The molecule has 0 aliphatic heterocycles. The third kappa shape index (κ3) is 2.76. The van der Waals surface area contributed by atoms with E-state index in [0.29, 0.717) is 0 Å². The van der Waals surface area contributed by atoms with E-state index >= 15 is 0 Å². The first-order valence-corrected chi connectivity index (χ1v) is 6.04. The molecule has 2 aromatic rings. The first kappa shape index (κ1) is 14.7. The molecule has 0 fully saturated rings. The standard InChI is InChI=1S/C14H14FN3O3/c1-7-4-5-8(9(15)6-7)13-17-10(14(19)21-3)11(20-2)12(16)18-13/h4-6H,1-3H3,(H2,16,17,18). The summed E-state index contributed by atoms with van der Waals surface area (Å²) in [4.78, 5) is 19.7. The summed E-state index contributed by atoms with van der Waals surface area (Å²) in [5, 5.41) is 0. The molecule has 0 atom stereocenters. The largest absolute Gasteiger partial charge is 0.491 e. The number of nitrogens with two attached hydrogens (primary N) is 1. The first-order valence-electron chi connectivity index (χ1n) is 6.04. The van der Waals surface area contributed by atoms with Gasteiger partial charge in [-0.05, 0) is 24.6 Å². The van der Waals surface area contributed by atoms with Gasteiger partial charge in [0.15, 0.2) is 23.1 Å². The molecule has 0 saturated carbocycles. The van der Waals surface area contributed by atoms with E-state index in [1.54, 1.807) is 13.0 Å². The van der Waals surface area contributed by atoms with Crippen LogP contribution in [0.2, 0.25) is 0 Å². The Bertz CT molecular complexity index is 704. The van der Waals surface area contributed by atoms with Crippen molar-refractivity contribution in [1.82, 2.24) is 9.97 Å². The van der Waals surface area contributed by atoms with Crippen LogP contribution in [0.15, 0.2) is 18.2 Å². The van der Waals surface area contributed by atoms with E-state index in [0.717, 1.165) is 5.56 Å². The van der Waals surface area contributed by atoms with Crippen LogP contribution in [0.5, 0.6) is 5.75 Å². The third-order valence-corrected chi connectivity index (χ3v) is 2.84. The number of nitrogen functional groups attached to an aromatic ring is 1. The molecule has 0 spiro atoms. The second-order valence-electron chi connectivity index (χ2n) is 4.29. The quantitative estimate of drug-likeness (QED) is 0.870. The van der Waals surface area contributed by atoms with Crippen molar-refractivity contribution in [3.63, 3.8) is 0 Å². The fourth-order valence-corrected chi connectivity index (χ4v) is 1.83. The molecule has 6 nitrogen and oxygen atoms in total. The second kappa shape index (κ2) is 5.74. The smallest absolute Gasteiger partial charge is 0.360 e. The summed E-state index contributed by atoms with van der Waals surface area (Å²) in [5.74, 6) is -1.32. The first-order chi connectivity index (χ1) is 9.97. The van der Waals surface area contributed by atoms with Gasteiger partial charge in [0.1, 0.15) is 5.82 Å².